The molecular weight excluding hydrogens is 520 g/mol. The number of hydrogen-bond donors (Lipinski definition) is 1. The second-order valence-electron chi connectivity index (χ2n) is 9.84. The first-order valence-corrected chi connectivity index (χ1v) is 12.7. The molecule has 1 fully saturated rings. The molecule has 6 rings (SSSR count). The molecule has 2 heterocycles. The van der Waals surface area contributed by atoms with Crippen molar-refractivity contribution >= 4 is 11.9 Å². The number of hydrogen-bond acceptors (Lipinski definition) is 10. The Hall–Kier alpha value is -4.44. The zero-order valence-corrected chi connectivity index (χ0v) is 22.3. The Labute approximate surface area is 230 Å². The van der Waals surface area contributed by atoms with Crippen LogP contribution < -0.4 is 23.7 Å². The molecule has 0 amide bonds. The number of methoxy groups -OCH3 is 3. The van der Waals surface area contributed by atoms with E-state index in [1.54, 1.807) is 30.3 Å². The molecule has 0 spiro atoms. The fourth-order valence-corrected chi connectivity index (χ4v) is 6.50. The van der Waals surface area contributed by atoms with Crippen molar-refractivity contribution in [3.63, 3.8) is 0 Å². The van der Waals surface area contributed by atoms with Crippen molar-refractivity contribution in [2.24, 2.45) is 5.92 Å². The molecule has 0 radical (unpaired) electrons. The predicted octanol–water partition coefficient (Wildman–Crippen LogP) is 3.43. The minimum atomic E-state index is -2.14. The molecule has 2 aliphatic heterocycles. The third-order valence-corrected chi connectivity index (χ3v) is 7.97. The summed E-state index contributed by atoms with van der Waals surface area (Å²) in [4.78, 5) is 26.2. The van der Waals surface area contributed by atoms with E-state index in [-0.39, 0.29) is 23.9 Å². The molecule has 0 unspecified atom stereocenters. The highest BCUT2D eigenvalue weighted by molar-refractivity contribution is 5.80. The summed E-state index contributed by atoms with van der Waals surface area (Å²) in [6.45, 7) is 1.25. The quantitative estimate of drug-likeness (QED) is 0.459. The molecular formula is C30H28O10. The van der Waals surface area contributed by atoms with Crippen molar-refractivity contribution in [1.82, 2.24) is 0 Å². The number of esters is 2. The molecule has 3 aromatic carbocycles. The van der Waals surface area contributed by atoms with Crippen molar-refractivity contribution in [1.29, 1.82) is 0 Å². The predicted molar refractivity (Wildman–Crippen MR) is 139 cm³/mol. The normalized spacial score (nSPS) is 27.3. The van der Waals surface area contributed by atoms with Crippen LogP contribution >= 0.6 is 0 Å². The van der Waals surface area contributed by atoms with Crippen LogP contribution in [0.4, 0.5) is 0 Å². The average Bonchev–Trinajstić information content (AvgIpc) is 3.60. The highest BCUT2D eigenvalue weighted by Crippen LogP contribution is 2.71. The molecule has 1 aliphatic carbocycles. The van der Waals surface area contributed by atoms with E-state index in [9.17, 15) is 14.7 Å². The second-order valence-corrected chi connectivity index (χ2v) is 9.84. The van der Waals surface area contributed by atoms with Gasteiger partial charge in [0.05, 0.1) is 26.9 Å². The van der Waals surface area contributed by atoms with Crippen LogP contribution in [-0.2, 0) is 30.3 Å². The zero-order valence-electron chi connectivity index (χ0n) is 22.3. The molecule has 3 aliphatic rings. The minimum absolute atomic E-state index is 0.0329. The summed E-state index contributed by atoms with van der Waals surface area (Å²) in [6.07, 6.45) is -1.43. The van der Waals surface area contributed by atoms with Crippen LogP contribution in [0.1, 0.15) is 29.5 Å². The summed E-state index contributed by atoms with van der Waals surface area (Å²) < 4.78 is 40.4. The van der Waals surface area contributed by atoms with E-state index in [4.69, 9.17) is 33.2 Å². The molecule has 5 atom stereocenters. The number of rotatable bonds is 6. The summed E-state index contributed by atoms with van der Waals surface area (Å²) in [7, 11) is 4.20. The topological polar surface area (TPSA) is 119 Å². The maximum atomic E-state index is 13.6. The Morgan fingerprint density at radius 3 is 2.35 bits per heavy atom. The van der Waals surface area contributed by atoms with Crippen LogP contribution in [0.5, 0.6) is 28.7 Å². The lowest BCUT2D eigenvalue weighted by atomic mass is 9.70. The Bertz CT molecular complexity index is 1490. The van der Waals surface area contributed by atoms with Crippen molar-refractivity contribution < 1.29 is 47.9 Å². The van der Waals surface area contributed by atoms with Gasteiger partial charge in [-0.25, -0.2) is 0 Å². The van der Waals surface area contributed by atoms with Crippen molar-refractivity contribution in [2.75, 3.05) is 28.1 Å². The van der Waals surface area contributed by atoms with Gasteiger partial charge < -0.3 is 38.3 Å². The second kappa shape index (κ2) is 9.34. The van der Waals surface area contributed by atoms with Gasteiger partial charge in [0.25, 0.3) is 0 Å². The molecule has 1 saturated carbocycles. The molecule has 0 aromatic heterocycles. The van der Waals surface area contributed by atoms with Crippen molar-refractivity contribution in [3.8, 4) is 28.7 Å². The molecule has 3 aromatic rings. The fourth-order valence-electron chi connectivity index (χ4n) is 6.50. The summed E-state index contributed by atoms with van der Waals surface area (Å²) >= 11 is 0. The van der Waals surface area contributed by atoms with Crippen LogP contribution in [-0.4, -0.2) is 51.3 Å². The van der Waals surface area contributed by atoms with Gasteiger partial charge in [-0.2, -0.15) is 0 Å². The molecule has 10 nitrogen and oxygen atoms in total. The lowest BCUT2D eigenvalue weighted by Crippen LogP contribution is -2.53. The third kappa shape index (κ3) is 3.38. The average molecular weight is 549 g/mol. The van der Waals surface area contributed by atoms with E-state index >= 15 is 0 Å². The Morgan fingerprint density at radius 2 is 1.68 bits per heavy atom. The number of ether oxygens (including phenoxy) is 7. The Morgan fingerprint density at radius 1 is 0.925 bits per heavy atom. The molecule has 1 N–H and O–H groups in total. The molecule has 40 heavy (non-hydrogen) atoms. The number of aliphatic hydroxyl groups is 1. The van der Waals surface area contributed by atoms with E-state index in [0.29, 0.717) is 28.4 Å². The lowest BCUT2D eigenvalue weighted by Gasteiger charge is -2.41. The number of fused-ring (bicyclic) bond motifs is 4. The maximum absolute atomic E-state index is 13.6. The molecule has 208 valence electrons. The van der Waals surface area contributed by atoms with E-state index < -0.39 is 41.1 Å². The van der Waals surface area contributed by atoms with Crippen LogP contribution in [0.3, 0.4) is 0 Å². The minimum Gasteiger partial charge on any atom is -0.496 e. The van der Waals surface area contributed by atoms with Crippen LogP contribution in [0.25, 0.3) is 0 Å². The molecule has 0 bridgehead atoms. The first-order chi connectivity index (χ1) is 19.3. The van der Waals surface area contributed by atoms with Crippen molar-refractivity contribution in [2.45, 2.75) is 30.1 Å². The van der Waals surface area contributed by atoms with E-state index in [2.05, 4.69) is 0 Å². The lowest BCUT2D eigenvalue weighted by molar-refractivity contribution is -0.185. The molecule has 0 saturated heterocycles. The maximum Gasteiger partial charge on any atom is 0.313 e. The van der Waals surface area contributed by atoms with Gasteiger partial charge in [-0.3, -0.25) is 9.59 Å². The highest BCUT2D eigenvalue weighted by Gasteiger charge is 2.80. The van der Waals surface area contributed by atoms with Crippen molar-refractivity contribution in [3.05, 3.63) is 77.4 Å². The van der Waals surface area contributed by atoms with E-state index in [0.717, 1.165) is 0 Å². The van der Waals surface area contributed by atoms with Gasteiger partial charge in [0.1, 0.15) is 23.2 Å². The van der Waals surface area contributed by atoms with Gasteiger partial charge in [0.15, 0.2) is 28.8 Å². The smallest absolute Gasteiger partial charge is 0.313 e. The largest absolute Gasteiger partial charge is 0.496 e. The van der Waals surface area contributed by atoms with Gasteiger partial charge in [-0.15, -0.1) is 0 Å². The Kier molecular flexibility index (Phi) is 6.03. The zero-order chi connectivity index (χ0) is 28.2. The van der Waals surface area contributed by atoms with Gasteiger partial charge in [0, 0.05) is 30.5 Å². The summed E-state index contributed by atoms with van der Waals surface area (Å²) in [5.41, 5.74) is -2.53. The summed E-state index contributed by atoms with van der Waals surface area (Å²) in [5.74, 6) is -1.59. The first-order valence-electron chi connectivity index (χ1n) is 12.7. The SMILES string of the molecule is COC(=O)[C@H]1[C@@H](OC(C)=O)[C@@]2(O)c3c(OC)cc(OC)cc3O[C@@]2(c2ccc3c(c2)OCO3)[C@@H]1c1ccccc1. The first kappa shape index (κ1) is 25.8. The number of carbonyl (C=O) groups is 2. The fraction of sp³-hybridized carbons (Fsp3) is 0.333. The number of benzene rings is 3. The third-order valence-electron chi connectivity index (χ3n) is 7.97. The van der Waals surface area contributed by atoms with E-state index in [1.807, 2.05) is 30.3 Å². The van der Waals surface area contributed by atoms with Gasteiger partial charge in [-0.05, 0) is 17.7 Å². The molecule has 10 heteroatoms. The Balaban J connectivity index is 1.74. The van der Waals surface area contributed by atoms with Gasteiger partial charge in [0.2, 0.25) is 6.79 Å². The number of carbonyl (C=O) groups excluding carboxylic acids is 2. The van der Waals surface area contributed by atoms with Crippen LogP contribution in [0.2, 0.25) is 0 Å². The van der Waals surface area contributed by atoms with Gasteiger partial charge in [-0.1, -0.05) is 36.4 Å². The summed E-state index contributed by atoms with van der Waals surface area (Å²) in [5, 5.41) is 13.2. The standard InChI is InChI=1S/C30H28O10/c1-16(31)39-27-24(28(32)36-4)25(17-8-6-5-7-9-17)30(18-10-11-20-21(12-18)38-15-37-20)29(27,33)26-22(35-3)13-19(34-2)14-23(26)40-30/h5-14,24-25,27,33H,15H2,1-4H3/t24-,25-,27-,29+,30+/m1/s1. The van der Waals surface area contributed by atoms with Crippen LogP contribution in [0, 0.1) is 5.92 Å². The highest BCUT2D eigenvalue weighted by atomic mass is 16.7. The van der Waals surface area contributed by atoms with Crippen LogP contribution in [0.15, 0.2) is 60.7 Å². The van der Waals surface area contributed by atoms with E-state index in [1.165, 1.54) is 28.3 Å². The van der Waals surface area contributed by atoms with Gasteiger partial charge >= 0.3 is 11.9 Å². The monoisotopic (exact) mass is 548 g/mol. The summed E-state index contributed by atoms with van der Waals surface area (Å²) in [6, 6.07) is 17.5.